The number of carbonyl (C=O) groups excluding carboxylic acids is 4. The van der Waals surface area contributed by atoms with Crippen molar-refractivity contribution in [2.45, 2.75) is 90.5 Å². The molecule has 51 heavy (non-hydrogen) atoms. The average molecular weight is 717 g/mol. The van der Waals surface area contributed by atoms with Gasteiger partial charge in [0.25, 0.3) is 0 Å². The molecular formula is C38H56N2O11. The lowest BCUT2D eigenvalue weighted by molar-refractivity contribution is -0.163. The summed E-state index contributed by atoms with van der Waals surface area (Å²) in [6, 6.07) is 18.5. The van der Waals surface area contributed by atoms with E-state index in [4.69, 9.17) is 33.2 Å². The van der Waals surface area contributed by atoms with Crippen LogP contribution in [0.2, 0.25) is 0 Å². The SMILES string of the molecule is COCN(C(=O)OC(C)(C)C)[C@@](C)(Cc1ccccc1)C(=O)OCCOCCOC(=O)[C@](C)(Cc1ccccc1)N(COC)C(=O)OC(C)(C)C. The van der Waals surface area contributed by atoms with Crippen LogP contribution in [0.1, 0.15) is 66.5 Å². The summed E-state index contributed by atoms with van der Waals surface area (Å²) in [6.45, 7) is 12.9. The van der Waals surface area contributed by atoms with Crippen molar-refractivity contribution >= 4 is 24.1 Å². The molecule has 0 fully saturated rings. The fourth-order valence-electron chi connectivity index (χ4n) is 5.03. The van der Waals surface area contributed by atoms with E-state index in [9.17, 15) is 19.2 Å². The largest absolute Gasteiger partial charge is 0.461 e. The maximum Gasteiger partial charge on any atom is 0.413 e. The van der Waals surface area contributed by atoms with Gasteiger partial charge in [-0.05, 0) is 66.5 Å². The van der Waals surface area contributed by atoms with Crippen molar-refractivity contribution in [2.24, 2.45) is 0 Å². The van der Waals surface area contributed by atoms with Gasteiger partial charge in [-0.2, -0.15) is 0 Å². The molecule has 0 aromatic heterocycles. The van der Waals surface area contributed by atoms with E-state index in [0.717, 1.165) is 11.1 Å². The second kappa shape index (κ2) is 19.4. The molecule has 0 radical (unpaired) electrons. The summed E-state index contributed by atoms with van der Waals surface area (Å²) in [7, 11) is 2.84. The molecule has 13 nitrogen and oxygen atoms in total. The fourth-order valence-corrected chi connectivity index (χ4v) is 5.03. The van der Waals surface area contributed by atoms with Crippen LogP contribution < -0.4 is 0 Å². The van der Waals surface area contributed by atoms with E-state index in [-0.39, 0.29) is 52.7 Å². The number of hydrogen-bond donors (Lipinski definition) is 0. The van der Waals surface area contributed by atoms with E-state index in [1.165, 1.54) is 24.0 Å². The molecule has 13 heteroatoms. The molecule has 284 valence electrons. The molecule has 0 aliphatic rings. The van der Waals surface area contributed by atoms with E-state index in [1.807, 2.05) is 60.7 Å². The molecule has 0 bridgehead atoms. The molecule has 2 atom stereocenters. The van der Waals surface area contributed by atoms with Gasteiger partial charge in [0.15, 0.2) is 0 Å². The van der Waals surface area contributed by atoms with Crippen LogP contribution in [0.25, 0.3) is 0 Å². The average Bonchev–Trinajstić information content (AvgIpc) is 3.04. The number of benzene rings is 2. The monoisotopic (exact) mass is 716 g/mol. The quantitative estimate of drug-likeness (QED) is 0.0804. The van der Waals surface area contributed by atoms with Gasteiger partial charge in [-0.3, -0.25) is 9.80 Å². The lowest BCUT2D eigenvalue weighted by Crippen LogP contribution is -2.58. The maximum absolute atomic E-state index is 13.6. The highest BCUT2D eigenvalue weighted by molar-refractivity contribution is 5.86. The van der Waals surface area contributed by atoms with Gasteiger partial charge in [-0.25, -0.2) is 19.2 Å². The highest BCUT2D eigenvalue weighted by Gasteiger charge is 2.47. The molecule has 0 N–H and O–H groups in total. The van der Waals surface area contributed by atoms with Crippen LogP contribution in [-0.4, -0.2) is 110 Å². The summed E-state index contributed by atoms with van der Waals surface area (Å²) in [5.41, 5.74) is -2.99. The second-order valence-electron chi connectivity index (χ2n) is 14.4. The summed E-state index contributed by atoms with van der Waals surface area (Å²) in [6.07, 6.45) is -1.19. The molecule has 0 saturated carbocycles. The zero-order valence-electron chi connectivity index (χ0n) is 31.8. The van der Waals surface area contributed by atoms with Crippen LogP contribution in [-0.2, 0) is 55.6 Å². The number of ether oxygens (including phenoxy) is 7. The standard InChI is InChI=1S/C38H56N2O11/c1-35(2,3)50-33(43)39(27-45-9)37(7,25-29-17-13-11-14-18-29)31(41)48-23-21-47-22-24-49-32(42)38(8,26-30-19-15-12-16-20-30)40(28-46-10)34(44)51-36(4,5)6/h11-20H,21-28H2,1-10H3/t37-,38-/m0/s1. The molecule has 0 unspecified atom stereocenters. The smallest absolute Gasteiger partial charge is 0.413 e. The first-order valence-electron chi connectivity index (χ1n) is 16.9. The molecule has 2 amide bonds. The number of esters is 2. The number of methoxy groups -OCH3 is 2. The van der Waals surface area contributed by atoms with Crippen molar-refractivity contribution < 1.29 is 52.3 Å². The molecule has 0 spiro atoms. The lowest BCUT2D eigenvalue weighted by Gasteiger charge is -2.39. The Hall–Kier alpha value is -4.20. The first-order chi connectivity index (χ1) is 23.9. The topological polar surface area (TPSA) is 139 Å². The predicted octanol–water partition coefficient (Wildman–Crippen LogP) is 5.77. The first kappa shape index (κ1) is 43.0. The molecule has 0 saturated heterocycles. The van der Waals surface area contributed by atoms with Crippen LogP contribution >= 0.6 is 0 Å². The third-order valence-electron chi connectivity index (χ3n) is 7.52. The van der Waals surface area contributed by atoms with E-state index in [2.05, 4.69) is 0 Å². The van der Waals surface area contributed by atoms with Gasteiger partial charge < -0.3 is 33.2 Å². The van der Waals surface area contributed by atoms with E-state index < -0.39 is 46.4 Å². The van der Waals surface area contributed by atoms with Crippen LogP contribution in [0.4, 0.5) is 9.59 Å². The van der Waals surface area contributed by atoms with E-state index in [0.29, 0.717) is 0 Å². The Balaban J connectivity index is 2.09. The highest BCUT2D eigenvalue weighted by atomic mass is 16.6. The van der Waals surface area contributed by atoms with Crippen molar-refractivity contribution in [2.75, 3.05) is 54.1 Å². The van der Waals surface area contributed by atoms with Gasteiger partial charge in [-0.1, -0.05) is 60.7 Å². The van der Waals surface area contributed by atoms with Gasteiger partial charge in [-0.15, -0.1) is 0 Å². The fraction of sp³-hybridized carbons (Fsp3) is 0.579. The van der Waals surface area contributed by atoms with Gasteiger partial charge in [0.2, 0.25) is 0 Å². The Labute approximate surface area is 302 Å². The van der Waals surface area contributed by atoms with Gasteiger partial charge in [0.05, 0.1) is 13.2 Å². The zero-order valence-corrected chi connectivity index (χ0v) is 31.8. The molecular weight excluding hydrogens is 660 g/mol. The number of amides is 2. The third kappa shape index (κ3) is 13.8. The summed E-state index contributed by atoms with van der Waals surface area (Å²) in [4.78, 5) is 56.2. The highest BCUT2D eigenvalue weighted by Crippen LogP contribution is 2.27. The minimum atomic E-state index is -1.49. The molecule has 0 heterocycles. The molecule has 0 aliphatic heterocycles. The summed E-state index contributed by atoms with van der Waals surface area (Å²) in [5.74, 6) is -1.36. The summed E-state index contributed by atoms with van der Waals surface area (Å²) in [5, 5.41) is 0. The Kier molecular flexibility index (Phi) is 16.4. The number of hydrogen-bond acceptors (Lipinski definition) is 11. The minimum Gasteiger partial charge on any atom is -0.461 e. The van der Waals surface area contributed by atoms with Gasteiger partial charge >= 0.3 is 24.1 Å². The van der Waals surface area contributed by atoms with Crippen molar-refractivity contribution in [1.82, 2.24) is 9.80 Å². The van der Waals surface area contributed by atoms with Crippen molar-refractivity contribution in [3.05, 3.63) is 71.8 Å². The van der Waals surface area contributed by atoms with Crippen LogP contribution in [0, 0.1) is 0 Å². The van der Waals surface area contributed by atoms with Gasteiger partial charge in [0.1, 0.15) is 49.0 Å². The summed E-state index contributed by atoms with van der Waals surface area (Å²) >= 11 is 0. The minimum absolute atomic E-state index is 0.0174. The Morgan fingerprint density at radius 2 is 0.863 bits per heavy atom. The lowest BCUT2D eigenvalue weighted by atomic mass is 9.91. The Bertz CT molecular complexity index is 1290. The predicted molar refractivity (Wildman–Crippen MR) is 190 cm³/mol. The number of nitrogens with zero attached hydrogens (tertiary/aromatic N) is 2. The zero-order chi connectivity index (χ0) is 38.3. The van der Waals surface area contributed by atoms with Crippen LogP contribution in [0.3, 0.4) is 0 Å². The van der Waals surface area contributed by atoms with Crippen LogP contribution in [0.15, 0.2) is 60.7 Å². The maximum atomic E-state index is 13.6. The molecule has 2 aromatic carbocycles. The van der Waals surface area contributed by atoms with Crippen molar-refractivity contribution in [1.29, 1.82) is 0 Å². The molecule has 2 rings (SSSR count). The Morgan fingerprint density at radius 1 is 0.529 bits per heavy atom. The normalized spacial score (nSPS) is 14.0. The molecule has 0 aliphatic carbocycles. The summed E-state index contributed by atoms with van der Waals surface area (Å²) < 4.78 is 38.6. The number of carbonyl (C=O) groups is 4. The van der Waals surface area contributed by atoms with Crippen molar-refractivity contribution in [3.8, 4) is 0 Å². The second-order valence-corrected chi connectivity index (χ2v) is 14.4. The van der Waals surface area contributed by atoms with E-state index in [1.54, 1.807) is 55.4 Å². The van der Waals surface area contributed by atoms with E-state index >= 15 is 0 Å². The third-order valence-corrected chi connectivity index (χ3v) is 7.52. The first-order valence-corrected chi connectivity index (χ1v) is 16.9. The Morgan fingerprint density at radius 3 is 1.16 bits per heavy atom. The molecule has 2 aromatic rings. The number of rotatable bonds is 18. The van der Waals surface area contributed by atoms with Crippen LogP contribution in [0.5, 0.6) is 0 Å². The van der Waals surface area contributed by atoms with Gasteiger partial charge in [0, 0.05) is 27.1 Å². The van der Waals surface area contributed by atoms with Crippen molar-refractivity contribution in [3.63, 3.8) is 0 Å².